The summed E-state index contributed by atoms with van der Waals surface area (Å²) in [7, 11) is 0. The largest absolute Gasteiger partial charge is 0.508 e. The lowest BCUT2D eigenvalue weighted by Gasteiger charge is -2.22. The Morgan fingerprint density at radius 1 is 1.17 bits per heavy atom. The first-order valence-corrected chi connectivity index (χ1v) is 7.22. The molecule has 0 spiro atoms. The number of carbonyl (C=O) groups excluding carboxylic acids is 2. The number of carboxylic acids is 1. The number of carbonyl (C=O) groups is 3. The minimum atomic E-state index is -1.32. The van der Waals surface area contributed by atoms with Gasteiger partial charge in [0.25, 0.3) is 0 Å². The highest BCUT2D eigenvalue weighted by Gasteiger charge is 2.27. The minimum Gasteiger partial charge on any atom is -0.508 e. The molecule has 132 valence electrons. The third kappa shape index (κ3) is 6.23. The van der Waals surface area contributed by atoms with Gasteiger partial charge in [-0.25, -0.2) is 0 Å². The molecule has 0 fully saturated rings. The maximum Gasteiger partial charge on any atom is 0.322 e. The second kappa shape index (κ2) is 8.85. The van der Waals surface area contributed by atoms with Crippen molar-refractivity contribution in [2.45, 2.75) is 31.5 Å². The van der Waals surface area contributed by atoms with E-state index >= 15 is 0 Å². The van der Waals surface area contributed by atoms with Crippen LogP contribution >= 0.6 is 0 Å². The first kappa shape index (κ1) is 19.4. The molecule has 0 aliphatic heterocycles. The number of hydrogen-bond acceptors (Lipinski definition) is 6. The molecule has 0 saturated heterocycles. The van der Waals surface area contributed by atoms with Gasteiger partial charge >= 0.3 is 5.97 Å². The summed E-state index contributed by atoms with van der Waals surface area (Å²) in [6.07, 6.45) is -1.07. The van der Waals surface area contributed by atoms with Crippen LogP contribution in [0.25, 0.3) is 0 Å². The van der Waals surface area contributed by atoms with Gasteiger partial charge in [-0.1, -0.05) is 12.1 Å². The van der Waals surface area contributed by atoms with Gasteiger partial charge in [-0.05, 0) is 31.0 Å². The monoisotopic (exact) mass is 339 g/mol. The molecule has 7 N–H and O–H groups in total. The summed E-state index contributed by atoms with van der Waals surface area (Å²) in [5.74, 6) is -2.65. The number of phenolic OH excluding ortho intramolecular Hbond substituents is 1. The van der Waals surface area contributed by atoms with E-state index in [0.29, 0.717) is 5.56 Å². The number of amides is 2. The maximum atomic E-state index is 12.1. The Balaban J connectivity index is 2.64. The van der Waals surface area contributed by atoms with E-state index in [1.54, 1.807) is 12.1 Å². The summed E-state index contributed by atoms with van der Waals surface area (Å²) in [5.41, 5.74) is 6.48. The molecule has 1 aromatic carbocycles. The average Bonchev–Trinajstić information content (AvgIpc) is 2.51. The number of aliphatic hydroxyl groups is 1. The van der Waals surface area contributed by atoms with Crippen LogP contribution in [0.5, 0.6) is 5.75 Å². The van der Waals surface area contributed by atoms with Crippen molar-refractivity contribution in [2.24, 2.45) is 5.73 Å². The zero-order valence-electron chi connectivity index (χ0n) is 13.1. The van der Waals surface area contributed by atoms with Crippen LogP contribution in [-0.2, 0) is 20.8 Å². The Labute approximate surface area is 138 Å². The molecule has 0 aliphatic rings. The molecule has 0 radical (unpaired) electrons. The third-order valence-corrected chi connectivity index (χ3v) is 3.21. The van der Waals surface area contributed by atoms with E-state index in [4.69, 9.17) is 10.8 Å². The van der Waals surface area contributed by atoms with Crippen LogP contribution in [-0.4, -0.2) is 57.8 Å². The third-order valence-electron chi connectivity index (χ3n) is 3.21. The first-order valence-electron chi connectivity index (χ1n) is 7.22. The van der Waals surface area contributed by atoms with E-state index < -0.39 is 42.5 Å². The molecular formula is C15H21N3O6. The summed E-state index contributed by atoms with van der Waals surface area (Å²) in [6.45, 7) is 0.661. The fourth-order valence-electron chi connectivity index (χ4n) is 1.92. The van der Waals surface area contributed by atoms with Crippen LogP contribution in [0, 0.1) is 0 Å². The molecule has 0 bridgehead atoms. The van der Waals surface area contributed by atoms with Gasteiger partial charge in [-0.3, -0.25) is 14.4 Å². The number of nitrogens with two attached hydrogens (primary N) is 1. The second-order valence-corrected chi connectivity index (χ2v) is 5.32. The van der Waals surface area contributed by atoms with Gasteiger partial charge in [0.15, 0.2) is 0 Å². The zero-order valence-corrected chi connectivity index (χ0v) is 13.1. The highest BCUT2D eigenvalue weighted by Crippen LogP contribution is 2.11. The molecule has 0 aromatic heterocycles. The lowest BCUT2D eigenvalue weighted by molar-refractivity contribution is -0.139. The summed E-state index contributed by atoms with van der Waals surface area (Å²) in [5, 5.41) is 31.7. The Hall–Kier alpha value is -2.65. The number of nitrogens with one attached hydrogen (secondary N) is 2. The molecule has 3 unspecified atom stereocenters. The van der Waals surface area contributed by atoms with Crippen LogP contribution in [0.2, 0.25) is 0 Å². The summed E-state index contributed by atoms with van der Waals surface area (Å²) in [6, 6.07) is 3.82. The molecule has 9 heteroatoms. The highest BCUT2D eigenvalue weighted by molar-refractivity contribution is 5.91. The van der Waals surface area contributed by atoms with E-state index in [0.717, 1.165) is 0 Å². The van der Waals surface area contributed by atoms with Gasteiger partial charge in [-0.15, -0.1) is 0 Å². The normalized spacial score (nSPS) is 14.3. The predicted molar refractivity (Wildman–Crippen MR) is 84.0 cm³/mol. The number of phenols is 1. The molecular weight excluding hydrogens is 318 g/mol. The van der Waals surface area contributed by atoms with E-state index in [1.807, 2.05) is 0 Å². The van der Waals surface area contributed by atoms with E-state index in [1.165, 1.54) is 19.1 Å². The Bertz CT molecular complexity index is 587. The van der Waals surface area contributed by atoms with Crippen molar-refractivity contribution < 1.29 is 29.7 Å². The number of aromatic hydroxyl groups is 1. The molecule has 3 atom stereocenters. The van der Waals surface area contributed by atoms with Crippen LogP contribution in [0.3, 0.4) is 0 Å². The van der Waals surface area contributed by atoms with Gasteiger partial charge in [0.05, 0.1) is 12.1 Å². The van der Waals surface area contributed by atoms with Gasteiger partial charge < -0.3 is 31.7 Å². The SMILES string of the molecule is CC(O)C(NC(=O)C(N)Cc1ccc(O)cc1)C(=O)NCC(=O)O. The molecule has 0 heterocycles. The van der Waals surface area contributed by atoms with Crippen molar-refractivity contribution in [1.82, 2.24) is 10.6 Å². The number of carboxylic acid groups (broad SMARTS) is 1. The predicted octanol–water partition coefficient (Wildman–Crippen LogP) is -1.67. The topological polar surface area (TPSA) is 162 Å². The van der Waals surface area contributed by atoms with Crippen molar-refractivity contribution in [2.75, 3.05) is 6.54 Å². The molecule has 9 nitrogen and oxygen atoms in total. The smallest absolute Gasteiger partial charge is 0.322 e. The van der Waals surface area contributed by atoms with Gasteiger partial charge in [0.1, 0.15) is 18.3 Å². The van der Waals surface area contributed by atoms with Crippen LogP contribution in [0.4, 0.5) is 0 Å². The number of aliphatic carboxylic acids is 1. The summed E-state index contributed by atoms with van der Waals surface area (Å²) in [4.78, 5) is 34.4. The molecule has 0 saturated carbocycles. The minimum absolute atomic E-state index is 0.0843. The van der Waals surface area contributed by atoms with Crippen molar-refractivity contribution in [3.8, 4) is 5.75 Å². The Morgan fingerprint density at radius 2 is 1.75 bits per heavy atom. The van der Waals surface area contributed by atoms with Crippen LogP contribution in [0.15, 0.2) is 24.3 Å². The van der Waals surface area contributed by atoms with Crippen molar-refractivity contribution in [3.05, 3.63) is 29.8 Å². The fraction of sp³-hybridized carbons (Fsp3) is 0.400. The van der Waals surface area contributed by atoms with E-state index in [9.17, 15) is 24.6 Å². The average molecular weight is 339 g/mol. The molecule has 0 aliphatic carbocycles. The van der Waals surface area contributed by atoms with Crippen molar-refractivity contribution in [3.63, 3.8) is 0 Å². The standard InChI is InChI=1S/C15H21N3O6/c1-8(19)13(15(24)17-7-12(21)22)18-14(23)11(16)6-9-2-4-10(20)5-3-9/h2-5,8,11,13,19-20H,6-7,16H2,1H3,(H,17,24)(H,18,23)(H,21,22). The second-order valence-electron chi connectivity index (χ2n) is 5.32. The van der Waals surface area contributed by atoms with E-state index in [2.05, 4.69) is 10.6 Å². The van der Waals surface area contributed by atoms with Crippen LogP contribution < -0.4 is 16.4 Å². The van der Waals surface area contributed by atoms with Gasteiger partial charge in [-0.2, -0.15) is 0 Å². The Kier molecular flexibility index (Phi) is 7.15. The first-order chi connectivity index (χ1) is 11.2. The fourth-order valence-corrected chi connectivity index (χ4v) is 1.92. The number of hydrogen-bond donors (Lipinski definition) is 6. The van der Waals surface area contributed by atoms with Gasteiger partial charge in [0.2, 0.25) is 11.8 Å². The Morgan fingerprint density at radius 3 is 2.25 bits per heavy atom. The number of aliphatic hydroxyl groups excluding tert-OH is 1. The van der Waals surface area contributed by atoms with Gasteiger partial charge in [0, 0.05) is 0 Å². The molecule has 1 rings (SSSR count). The van der Waals surface area contributed by atoms with E-state index in [-0.39, 0.29) is 12.2 Å². The zero-order chi connectivity index (χ0) is 18.3. The maximum absolute atomic E-state index is 12.1. The van der Waals surface area contributed by atoms with Crippen molar-refractivity contribution in [1.29, 1.82) is 0 Å². The molecule has 1 aromatic rings. The molecule has 2 amide bonds. The lowest BCUT2D eigenvalue weighted by atomic mass is 10.0. The lowest BCUT2D eigenvalue weighted by Crippen LogP contribution is -2.56. The number of benzene rings is 1. The quantitative estimate of drug-likeness (QED) is 0.330. The summed E-state index contributed by atoms with van der Waals surface area (Å²) >= 11 is 0. The molecule has 24 heavy (non-hydrogen) atoms. The number of rotatable bonds is 8. The van der Waals surface area contributed by atoms with Crippen molar-refractivity contribution >= 4 is 17.8 Å². The highest BCUT2D eigenvalue weighted by atomic mass is 16.4. The van der Waals surface area contributed by atoms with Crippen LogP contribution in [0.1, 0.15) is 12.5 Å². The summed E-state index contributed by atoms with van der Waals surface area (Å²) < 4.78 is 0.